The van der Waals surface area contributed by atoms with Crippen molar-refractivity contribution in [3.05, 3.63) is 54.1 Å². The molecule has 1 fully saturated rings. The molecule has 2 aliphatic rings. The monoisotopic (exact) mass is 470 g/mol. The van der Waals surface area contributed by atoms with Gasteiger partial charge in [-0.25, -0.2) is 0 Å². The van der Waals surface area contributed by atoms with Crippen LogP contribution < -0.4 is 0 Å². The summed E-state index contributed by atoms with van der Waals surface area (Å²) in [6.07, 6.45) is 9.05. The lowest BCUT2D eigenvalue weighted by Crippen LogP contribution is -2.36. The van der Waals surface area contributed by atoms with Crippen molar-refractivity contribution in [2.24, 2.45) is 7.05 Å². The fraction of sp³-hybridized carbons (Fsp3) is 0.407. The molecule has 0 aliphatic carbocycles. The van der Waals surface area contributed by atoms with E-state index in [0.29, 0.717) is 19.0 Å². The summed E-state index contributed by atoms with van der Waals surface area (Å²) in [6.45, 7) is 4.83. The second-order valence-corrected chi connectivity index (χ2v) is 9.48. The zero-order valence-corrected chi connectivity index (χ0v) is 20.3. The van der Waals surface area contributed by atoms with Gasteiger partial charge in [0.05, 0.1) is 23.6 Å². The predicted molar refractivity (Wildman–Crippen MR) is 134 cm³/mol. The molecular weight excluding hydrogens is 440 g/mol. The van der Waals surface area contributed by atoms with Crippen molar-refractivity contribution in [1.29, 1.82) is 0 Å². The quantitative estimate of drug-likeness (QED) is 0.448. The number of hydrogen-bond donors (Lipinski definition) is 0. The van der Waals surface area contributed by atoms with E-state index in [4.69, 9.17) is 14.8 Å². The zero-order chi connectivity index (χ0) is 23.9. The van der Waals surface area contributed by atoms with Crippen molar-refractivity contribution in [3.63, 3.8) is 0 Å². The second-order valence-electron chi connectivity index (χ2n) is 9.48. The number of rotatable bonds is 4. The molecule has 0 radical (unpaired) electrons. The maximum atomic E-state index is 12.6. The molecule has 180 valence electrons. The van der Waals surface area contributed by atoms with E-state index in [1.54, 1.807) is 4.68 Å². The minimum absolute atomic E-state index is 0.195. The van der Waals surface area contributed by atoms with Gasteiger partial charge in [-0.15, -0.1) is 0 Å². The first-order valence-corrected chi connectivity index (χ1v) is 12.5. The standard InChI is InChI=1S/C27H30N6O2/c1-3-26(34)32-10-7-25-23(17-32)27(30-33(25)20-8-11-35-12-9-20)21-6-4-5-18-13-24(28-15-22(18)21)19-14-29-31(2)16-19/h4-6,13-16,20H,3,7-12,17H2,1-2H3. The molecule has 8 heteroatoms. The van der Waals surface area contributed by atoms with Gasteiger partial charge >= 0.3 is 0 Å². The molecule has 0 spiro atoms. The van der Waals surface area contributed by atoms with E-state index in [0.717, 1.165) is 72.3 Å². The zero-order valence-electron chi connectivity index (χ0n) is 20.3. The maximum absolute atomic E-state index is 12.6. The van der Waals surface area contributed by atoms with Crippen LogP contribution in [-0.2, 0) is 29.5 Å². The number of hydrogen-bond acceptors (Lipinski definition) is 5. The van der Waals surface area contributed by atoms with Crippen LogP contribution in [0.3, 0.4) is 0 Å². The van der Waals surface area contributed by atoms with Crippen molar-refractivity contribution < 1.29 is 9.53 Å². The molecule has 1 saturated heterocycles. The van der Waals surface area contributed by atoms with E-state index in [2.05, 4.69) is 34.0 Å². The Kier molecular flexibility index (Phi) is 5.60. The van der Waals surface area contributed by atoms with Crippen LogP contribution in [0.25, 0.3) is 33.3 Å². The van der Waals surface area contributed by atoms with Crippen LogP contribution in [0.2, 0.25) is 0 Å². The van der Waals surface area contributed by atoms with Gasteiger partial charge in [0.15, 0.2) is 0 Å². The highest BCUT2D eigenvalue weighted by molar-refractivity contribution is 5.97. The molecule has 8 nitrogen and oxygen atoms in total. The van der Waals surface area contributed by atoms with E-state index in [-0.39, 0.29) is 5.91 Å². The number of carbonyl (C=O) groups excluding carboxylic acids is 1. The number of pyridine rings is 1. The van der Waals surface area contributed by atoms with Crippen LogP contribution in [0.4, 0.5) is 0 Å². The fourth-order valence-electron chi connectivity index (χ4n) is 5.42. The first-order valence-electron chi connectivity index (χ1n) is 12.5. The van der Waals surface area contributed by atoms with Crippen LogP contribution in [0, 0.1) is 0 Å². The summed E-state index contributed by atoms with van der Waals surface area (Å²) in [7, 11) is 1.91. The van der Waals surface area contributed by atoms with E-state index in [1.807, 2.05) is 37.5 Å². The molecule has 0 saturated carbocycles. The number of nitrogens with zero attached hydrogens (tertiary/aromatic N) is 6. The molecule has 3 aromatic heterocycles. The molecular formula is C27H30N6O2. The average molecular weight is 471 g/mol. The molecule has 0 atom stereocenters. The van der Waals surface area contributed by atoms with Gasteiger partial charge < -0.3 is 9.64 Å². The summed E-state index contributed by atoms with van der Waals surface area (Å²) < 4.78 is 9.65. The van der Waals surface area contributed by atoms with Gasteiger partial charge in [0, 0.05) is 86.4 Å². The molecule has 0 N–H and O–H groups in total. The maximum Gasteiger partial charge on any atom is 0.222 e. The molecule has 5 heterocycles. The summed E-state index contributed by atoms with van der Waals surface area (Å²) in [6, 6.07) is 8.79. The van der Waals surface area contributed by atoms with Crippen molar-refractivity contribution in [2.45, 2.75) is 45.2 Å². The van der Waals surface area contributed by atoms with E-state index < -0.39 is 0 Å². The number of carbonyl (C=O) groups is 1. The number of aromatic nitrogens is 5. The van der Waals surface area contributed by atoms with Crippen LogP contribution in [0.1, 0.15) is 43.5 Å². The summed E-state index contributed by atoms with van der Waals surface area (Å²) >= 11 is 0. The molecule has 4 aromatic rings. The normalized spacial score (nSPS) is 16.6. The van der Waals surface area contributed by atoms with Crippen LogP contribution in [-0.4, -0.2) is 55.1 Å². The third-order valence-corrected chi connectivity index (χ3v) is 7.30. The number of ether oxygens (including phenoxy) is 1. The Balaban J connectivity index is 1.47. The van der Waals surface area contributed by atoms with Gasteiger partial charge in [-0.05, 0) is 24.3 Å². The van der Waals surface area contributed by atoms with Gasteiger partial charge in [0.2, 0.25) is 5.91 Å². The van der Waals surface area contributed by atoms with Crippen LogP contribution in [0.15, 0.2) is 42.9 Å². The Hall–Kier alpha value is -3.52. The van der Waals surface area contributed by atoms with Crippen LogP contribution >= 0.6 is 0 Å². The Labute approximate surface area is 204 Å². The van der Waals surface area contributed by atoms with E-state index in [9.17, 15) is 4.79 Å². The van der Waals surface area contributed by atoms with Crippen molar-refractivity contribution in [3.8, 4) is 22.5 Å². The van der Waals surface area contributed by atoms with Gasteiger partial charge in [-0.1, -0.05) is 25.1 Å². The third kappa shape index (κ3) is 3.91. The molecule has 2 aliphatic heterocycles. The van der Waals surface area contributed by atoms with Gasteiger partial charge in [0.25, 0.3) is 0 Å². The molecule has 6 rings (SSSR count). The number of aryl methyl sites for hydroxylation is 1. The fourth-order valence-corrected chi connectivity index (χ4v) is 5.42. The molecule has 0 bridgehead atoms. The largest absolute Gasteiger partial charge is 0.381 e. The van der Waals surface area contributed by atoms with Gasteiger partial charge in [-0.3, -0.25) is 19.1 Å². The number of fused-ring (bicyclic) bond motifs is 2. The lowest BCUT2D eigenvalue weighted by atomic mass is 9.96. The summed E-state index contributed by atoms with van der Waals surface area (Å²) in [5, 5.41) is 11.7. The Morgan fingerprint density at radius 1 is 1.20 bits per heavy atom. The van der Waals surface area contributed by atoms with E-state index in [1.165, 1.54) is 11.3 Å². The third-order valence-electron chi connectivity index (χ3n) is 7.30. The Bertz CT molecular complexity index is 1400. The summed E-state index contributed by atoms with van der Waals surface area (Å²) in [4.78, 5) is 19.3. The van der Waals surface area contributed by atoms with Crippen LogP contribution in [0.5, 0.6) is 0 Å². The Morgan fingerprint density at radius 3 is 2.83 bits per heavy atom. The molecule has 1 aromatic carbocycles. The summed E-state index contributed by atoms with van der Waals surface area (Å²) in [5.41, 5.74) is 6.38. The number of amides is 1. The second kappa shape index (κ2) is 8.92. The number of benzene rings is 1. The van der Waals surface area contributed by atoms with Crippen molar-refractivity contribution >= 4 is 16.7 Å². The topological polar surface area (TPSA) is 78.1 Å². The minimum atomic E-state index is 0.195. The summed E-state index contributed by atoms with van der Waals surface area (Å²) in [5.74, 6) is 0.195. The Morgan fingerprint density at radius 2 is 2.06 bits per heavy atom. The highest BCUT2D eigenvalue weighted by Gasteiger charge is 2.31. The molecule has 0 unspecified atom stereocenters. The smallest absolute Gasteiger partial charge is 0.222 e. The highest BCUT2D eigenvalue weighted by atomic mass is 16.5. The molecule has 1 amide bonds. The first kappa shape index (κ1) is 22.0. The van der Waals surface area contributed by atoms with E-state index >= 15 is 0 Å². The van der Waals surface area contributed by atoms with Gasteiger partial charge in [-0.2, -0.15) is 10.2 Å². The predicted octanol–water partition coefficient (Wildman–Crippen LogP) is 4.15. The highest BCUT2D eigenvalue weighted by Crippen LogP contribution is 2.37. The van der Waals surface area contributed by atoms with Crippen molar-refractivity contribution in [1.82, 2.24) is 29.4 Å². The van der Waals surface area contributed by atoms with Crippen molar-refractivity contribution in [2.75, 3.05) is 19.8 Å². The molecule has 35 heavy (non-hydrogen) atoms. The SMILES string of the molecule is CCC(=O)N1CCc2c(c(-c3cccc4cc(-c5cnn(C)c5)ncc34)nn2C2CCOCC2)C1. The lowest BCUT2D eigenvalue weighted by Gasteiger charge is -2.30. The lowest BCUT2D eigenvalue weighted by molar-refractivity contribution is -0.131. The minimum Gasteiger partial charge on any atom is -0.381 e. The first-order chi connectivity index (χ1) is 17.1. The van der Waals surface area contributed by atoms with Gasteiger partial charge in [0.1, 0.15) is 0 Å². The average Bonchev–Trinajstić information content (AvgIpc) is 3.51.